The highest BCUT2D eigenvalue weighted by Crippen LogP contribution is 2.35. The number of hydrogen-bond donors (Lipinski definition) is 0. The molecule has 1 aliphatic carbocycles. The molecule has 2 rings (SSSR count). The second-order valence-corrected chi connectivity index (χ2v) is 5.47. The SMILES string of the molecule is O=[N+]([O-])c1cccnc1S(=O)(=O)C1CC1. The summed E-state index contributed by atoms with van der Waals surface area (Å²) in [5, 5.41) is 9.73. The summed E-state index contributed by atoms with van der Waals surface area (Å²) in [6, 6.07) is 2.51. The Balaban J connectivity index is 2.57. The van der Waals surface area contributed by atoms with Gasteiger partial charge in [-0.15, -0.1) is 0 Å². The van der Waals surface area contributed by atoms with Gasteiger partial charge in [-0.2, -0.15) is 0 Å². The van der Waals surface area contributed by atoms with Crippen LogP contribution in [0.25, 0.3) is 0 Å². The molecule has 1 saturated carbocycles. The van der Waals surface area contributed by atoms with E-state index in [-0.39, 0.29) is 0 Å². The van der Waals surface area contributed by atoms with E-state index in [1.807, 2.05) is 0 Å². The summed E-state index contributed by atoms with van der Waals surface area (Å²) in [5.41, 5.74) is -0.440. The summed E-state index contributed by atoms with van der Waals surface area (Å²) >= 11 is 0. The molecule has 6 nitrogen and oxygen atoms in total. The van der Waals surface area contributed by atoms with Gasteiger partial charge in [0, 0.05) is 12.3 Å². The highest BCUT2D eigenvalue weighted by Gasteiger charge is 2.41. The summed E-state index contributed by atoms with van der Waals surface area (Å²) in [5.74, 6) is 0. The molecule has 1 fully saturated rings. The molecule has 0 unspecified atom stereocenters. The lowest BCUT2D eigenvalue weighted by Gasteiger charge is -2.01. The van der Waals surface area contributed by atoms with Gasteiger partial charge in [-0.1, -0.05) is 0 Å². The van der Waals surface area contributed by atoms with Crippen molar-refractivity contribution in [1.29, 1.82) is 0 Å². The Labute approximate surface area is 86.0 Å². The zero-order valence-electron chi connectivity index (χ0n) is 7.66. The highest BCUT2D eigenvalue weighted by molar-refractivity contribution is 7.92. The molecule has 0 saturated heterocycles. The standard InChI is InChI=1S/C8H8N2O4S/c11-10(12)7-2-1-5-9-8(7)15(13,14)6-3-4-6/h1-2,5-6H,3-4H2. The van der Waals surface area contributed by atoms with Gasteiger partial charge < -0.3 is 0 Å². The van der Waals surface area contributed by atoms with E-state index < -0.39 is 30.7 Å². The average molecular weight is 228 g/mol. The third-order valence-corrected chi connectivity index (χ3v) is 4.38. The lowest BCUT2D eigenvalue weighted by Crippen LogP contribution is -2.11. The number of aromatic nitrogens is 1. The zero-order chi connectivity index (χ0) is 11.1. The zero-order valence-corrected chi connectivity index (χ0v) is 8.48. The minimum atomic E-state index is -3.59. The Bertz CT molecular complexity index is 507. The summed E-state index contributed by atoms with van der Waals surface area (Å²) in [6.07, 6.45) is 2.38. The van der Waals surface area contributed by atoms with Crippen LogP contribution in [0.1, 0.15) is 12.8 Å². The van der Waals surface area contributed by atoms with Crippen LogP contribution >= 0.6 is 0 Å². The predicted octanol–water partition coefficient (Wildman–Crippen LogP) is 0.926. The van der Waals surface area contributed by atoms with E-state index in [0.29, 0.717) is 12.8 Å². The van der Waals surface area contributed by atoms with Gasteiger partial charge in [0.1, 0.15) is 0 Å². The van der Waals surface area contributed by atoms with Crippen LogP contribution in [0.5, 0.6) is 0 Å². The third-order valence-electron chi connectivity index (χ3n) is 2.18. The molecule has 0 radical (unpaired) electrons. The van der Waals surface area contributed by atoms with Crippen LogP contribution in [0, 0.1) is 10.1 Å². The Kier molecular flexibility index (Phi) is 2.18. The van der Waals surface area contributed by atoms with Gasteiger partial charge in [-0.25, -0.2) is 13.4 Å². The van der Waals surface area contributed by atoms with Crippen LogP contribution in [-0.2, 0) is 9.84 Å². The number of hydrogen-bond acceptors (Lipinski definition) is 5. The first-order valence-corrected chi connectivity index (χ1v) is 5.91. The van der Waals surface area contributed by atoms with E-state index in [1.165, 1.54) is 12.3 Å². The van der Waals surface area contributed by atoms with Crippen molar-refractivity contribution in [2.45, 2.75) is 23.1 Å². The molecule has 0 N–H and O–H groups in total. The van der Waals surface area contributed by atoms with E-state index in [1.54, 1.807) is 0 Å². The molecular formula is C8H8N2O4S. The van der Waals surface area contributed by atoms with E-state index >= 15 is 0 Å². The second-order valence-electron chi connectivity index (χ2n) is 3.33. The molecule has 0 bridgehead atoms. The summed E-state index contributed by atoms with van der Waals surface area (Å²) in [7, 11) is -3.59. The smallest absolute Gasteiger partial charge is 0.258 e. The maximum absolute atomic E-state index is 11.8. The fourth-order valence-corrected chi connectivity index (χ4v) is 2.99. The molecule has 80 valence electrons. The molecular weight excluding hydrogens is 220 g/mol. The number of pyridine rings is 1. The van der Waals surface area contributed by atoms with Gasteiger partial charge >= 0.3 is 5.69 Å². The molecule has 0 aromatic carbocycles. The van der Waals surface area contributed by atoms with E-state index in [4.69, 9.17) is 0 Å². The molecule has 0 amide bonds. The summed E-state index contributed by atoms with van der Waals surface area (Å²) < 4.78 is 23.5. The molecule has 1 aliphatic rings. The normalized spacial score (nSPS) is 16.3. The first kappa shape index (κ1) is 10.0. The number of rotatable bonds is 3. The van der Waals surface area contributed by atoms with Crippen molar-refractivity contribution in [3.8, 4) is 0 Å². The molecule has 1 aromatic heterocycles. The van der Waals surface area contributed by atoms with Crippen molar-refractivity contribution in [2.24, 2.45) is 0 Å². The molecule has 15 heavy (non-hydrogen) atoms. The van der Waals surface area contributed by atoms with Crippen LogP contribution in [0.4, 0.5) is 5.69 Å². The first-order valence-electron chi connectivity index (χ1n) is 4.37. The van der Waals surface area contributed by atoms with Crippen molar-refractivity contribution >= 4 is 15.5 Å². The van der Waals surface area contributed by atoms with Crippen molar-refractivity contribution in [1.82, 2.24) is 4.98 Å². The number of nitro groups is 1. The maximum atomic E-state index is 11.8. The molecule has 0 aliphatic heterocycles. The van der Waals surface area contributed by atoms with Crippen LogP contribution in [0.15, 0.2) is 23.4 Å². The van der Waals surface area contributed by atoms with Crippen LogP contribution in [0.3, 0.4) is 0 Å². The van der Waals surface area contributed by atoms with Gasteiger partial charge in [-0.05, 0) is 18.9 Å². The van der Waals surface area contributed by atoms with Crippen molar-refractivity contribution in [2.75, 3.05) is 0 Å². The van der Waals surface area contributed by atoms with Gasteiger partial charge in [0.25, 0.3) is 0 Å². The van der Waals surface area contributed by atoms with E-state index in [0.717, 1.165) is 6.07 Å². The summed E-state index contributed by atoms with van der Waals surface area (Å²) in [4.78, 5) is 13.5. The minimum Gasteiger partial charge on any atom is -0.258 e. The second kappa shape index (κ2) is 3.27. The molecule has 1 aromatic rings. The molecule has 7 heteroatoms. The monoisotopic (exact) mass is 228 g/mol. The minimum absolute atomic E-state index is 0.405. The quantitative estimate of drug-likeness (QED) is 0.567. The highest BCUT2D eigenvalue weighted by atomic mass is 32.2. The lowest BCUT2D eigenvalue weighted by atomic mass is 10.4. The van der Waals surface area contributed by atoms with E-state index in [9.17, 15) is 18.5 Å². The van der Waals surface area contributed by atoms with Gasteiger partial charge in [0.2, 0.25) is 14.9 Å². The van der Waals surface area contributed by atoms with Gasteiger partial charge in [0.15, 0.2) is 0 Å². The Morgan fingerprint density at radius 1 is 1.47 bits per heavy atom. The third kappa shape index (κ3) is 1.70. The van der Waals surface area contributed by atoms with E-state index in [2.05, 4.69) is 4.98 Å². The predicted molar refractivity (Wildman–Crippen MR) is 51.1 cm³/mol. The molecule has 0 atom stereocenters. The Morgan fingerprint density at radius 3 is 2.67 bits per heavy atom. The number of nitrogens with zero attached hydrogens (tertiary/aromatic N) is 2. The topological polar surface area (TPSA) is 90.2 Å². The lowest BCUT2D eigenvalue weighted by molar-refractivity contribution is -0.388. The Morgan fingerprint density at radius 2 is 2.13 bits per heavy atom. The maximum Gasteiger partial charge on any atom is 0.306 e. The summed E-state index contributed by atoms with van der Waals surface area (Å²) in [6.45, 7) is 0. The van der Waals surface area contributed by atoms with Crippen molar-refractivity contribution in [3.05, 3.63) is 28.4 Å². The van der Waals surface area contributed by atoms with Crippen LogP contribution in [-0.4, -0.2) is 23.6 Å². The first-order chi connectivity index (χ1) is 7.03. The van der Waals surface area contributed by atoms with Crippen molar-refractivity contribution < 1.29 is 13.3 Å². The van der Waals surface area contributed by atoms with Crippen LogP contribution in [0.2, 0.25) is 0 Å². The largest absolute Gasteiger partial charge is 0.306 e. The van der Waals surface area contributed by atoms with Crippen LogP contribution < -0.4 is 0 Å². The van der Waals surface area contributed by atoms with Gasteiger partial charge in [0.05, 0.1) is 10.2 Å². The number of sulfone groups is 1. The fourth-order valence-electron chi connectivity index (χ4n) is 1.28. The van der Waals surface area contributed by atoms with Gasteiger partial charge in [-0.3, -0.25) is 10.1 Å². The average Bonchev–Trinajstić information content (AvgIpc) is 3.01. The van der Waals surface area contributed by atoms with Crippen molar-refractivity contribution in [3.63, 3.8) is 0 Å². The fraction of sp³-hybridized carbons (Fsp3) is 0.375. The molecule has 1 heterocycles. The Hall–Kier alpha value is -1.50. The molecule has 0 spiro atoms.